The van der Waals surface area contributed by atoms with Crippen molar-refractivity contribution in [3.8, 4) is 0 Å². The summed E-state index contributed by atoms with van der Waals surface area (Å²) in [5.74, 6) is 0.142. The number of carbonyl (C=O) groups is 2. The van der Waals surface area contributed by atoms with Crippen LogP contribution in [0.5, 0.6) is 0 Å². The number of piperidine rings is 1. The van der Waals surface area contributed by atoms with E-state index in [9.17, 15) is 9.59 Å². The van der Waals surface area contributed by atoms with Crippen molar-refractivity contribution in [3.63, 3.8) is 0 Å². The average molecular weight is 269 g/mol. The van der Waals surface area contributed by atoms with Gasteiger partial charge in [0.25, 0.3) is 0 Å². The molecule has 0 radical (unpaired) electrons. The van der Waals surface area contributed by atoms with Gasteiger partial charge >= 0.3 is 5.97 Å². The summed E-state index contributed by atoms with van der Waals surface area (Å²) in [7, 11) is 0. The topological polar surface area (TPSA) is 66.4 Å². The molecule has 1 fully saturated rings. The fraction of sp³-hybridized carbons (Fsp3) is 0.692. The van der Waals surface area contributed by atoms with E-state index < -0.39 is 5.97 Å². The largest absolute Gasteiger partial charge is 0.481 e. The van der Waals surface area contributed by atoms with Gasteiger partial charge in [0.2, 0.25) is 5.12 Å². The van der Waals surface area contributed by atoms with E-state index in [1.807, 2.05) is 0 Å². The van der Waals surface area contributed by atoms with Gasteiger partial charge in [0.15, 0.2) is 0 Å². The van der Waals surface area contributed by atoms with Gasteiger partial charge in [-0.1, -0.05) is 17.8 Å². The summed E-state index contributed by atoms with van der Waals surface area (Å²) < 4.78 is 0. The van der Waals surface area contributed by atoms with Crippen LogP contribution in [0.3, 0.4) is 0 Å². The lowest BCUT2D eigenvalue weighted by Crippen LogP contribution is -2.42. The lowest BCUT2D eigenvalue weighted by molar-refractivity contribution is -0.136. The molecule has 2 N–H and O–H groups in total. The van der Waals surface area contributed by atoms with Crippen molar-refractivity contribution >= 4 is 22.8 Å². The number of thioether (sulfide) groups is 1. The fourth-order valence-electron chi connectivity index (χ4n) is 2.58. The van der Waals surface area contributed by atoms with Gasteiger partial charge in [0.05, 0.1) is 12.5 Å². The molecule has 0 aromatic rings. The summed E-state index contributed by atoms with van der Waals surface area (Å²) in [6, 6.07) is -0.121. The molecule has 18 heavy (non-hydrogen) atoms. The van der Waals surface area contributed by atoms with Crippen molar-refractivity contribution in [1.29, 1.82) is 0 Å². The molecule has 1 aliphatic heterocycles. The van der Waals surface area contributed by atoms with E-state index in [1.54, 1.807) is 0 Å². The molecule has 1 heterocycles. The van der Waals surface area contributed by atoms with Gasteiger partial charge in [-0.05, 0) is 38.0 Å². The predicted molar refractivity (Wildman–Crippen MR) is 71.3 cm³/mol. The van der Waals surface area contributed by atoms with Crippen LogP contribution < -0.4 is 5.32 Å². The number of hydrogen-bond acceptors (Lipinski definition) is 4. The minimum absolute atomic E-state index is 0.0500. The Balaban J connectivity index is 1.81. The van der Waals surface area contributed by atoms with Crippen LogP contribution in [-0.4, -0.2) is 28.0 Å². The second-order valence-corrected chi connectivity index (χ2v) is 5.97. The van der Waals surface area contributed by atoms with Crippen molar-refractivity contribution in [1.82, 2.24) is 5.32 Å². The lowest BCUT2D eigenvalue weighted by atomic mass is 9.84. The van der Waals surface area contributed by atoms with Crippen molar-refractivity contribution in [3.05, 3.63) is 11.8 Å². The standard InChI is InChI=1S/C13H19NO3S/c15-12(16)7-8-18-13(17)11-6-5-9-3-1-2-4-10(9)14-11/h4,9,11,14H,1-3,5-8H2,(H,15,16). The summed E-state index contributed by atoms with van der Waals surface area (Å²) in [5.41, 5.74) is 1.24. The first-order valence-electron chi connectivity index (χ1n) is 6.52. The van der Waals surface area contributed by atoms with Crippen molar-refractivity contribution in [2.45, 2.75) is 44.6 Å². The molecule has 0 spiro atoms. The number of fused-ring (bicyclic) bond motifs is 1. The number of carboxylic acids is 1. The molecule has 2 unspecified atom stereocenters. The van der Waals surface area contributed by atoms with Gasteiger partial charge in [-0.25, -0.2) is 0 Å². The second kappa shape index (κ2) is 6.27. The number of nitrogens with one attached hydrogen (secondary N) is 1. The summed E-state index contributed by atoms with van der Waals surface area (Å²) in [4.78, 5) is 22.3. The first kappa shape index (κ1) is 13.5. The first-order chi connectivity index (χ1) is 8.66. The molecular formula is C13H19NO3S. The van der Waals surface area contributed by atoms with E-state index >= 15 is 0 Å². The highest BCUT2D eigenvalue weighted by Gasteiger charge is 2.29. The summed E-state index contributed by atoms with van der Waals surface area (Å²) in [6.07, 6.45) is 7.80. The van der Waals surface area contributed by atoms with E-state index in [0.29, 0.717) is 11.7 Å². The van der Waals surface area contributed by atoms with E-state index in [1.165, 1.54) is 18.5 Å². The van der Waals surface area contributed by atoms with Gasteiger partial charge in [0.1, 0.15) is 0 Å². The number of carboxylic acid groups (broad SMARTS) is 1. The lowest BCUT2D eigenvalue weighted by Gasteiger charge is -2.34. The van der Waals surface area contributed by atoms with Gasteiger partial charge in [-0.3, -0.25) is 9.59 Å². The molecule has 1 aliphatic carbocycles. The third-order valence-corrected chi connectivity index (χ3v) is 4.53. The molecule has 2 aliphatic rings. The van der Waals surface area contributed by atoms with Gasteiger partial charge in [-0.15, -0.1) is 0 Å². The summed E-state index contributed by atoms with van der Waals surface area (Å²) >= 11 is 1.14. The van der Waals surface area contributed by atoms with Crippen molar-refractivity contribution in [2.75, 3.05) is 5.75 Å². The molecule has 0 bridgehead atoms. The summed E-state index contributed by atoms with van der Waals surface area (Å²) in [6.45, 7) is 0. The molecule has 2 rings (SSSR count). The second-order valence-electron chi connectivity index (χ2n) is 4.87. The Bertz CT molecular complexity index is 367. The Morgan fingerprint density at radius 2 is 2.22 bits per heavy atom. The van der Waals surface area contributed by atoms with Crippen LogP contribution in [0.25, 0.3) is 0 Å². The minimum Gasteiger partial charge on any atom is -0.481 e. The molecule has 5 heteroatoms. The van der Waals surface area contributed by atoms with Gasteiger partial charge in [0, 0.05) is 11.4 Å². The monoisotopic (exact) mass is 269 g/mol. The van der Waals surface area contributed by atoms with Crippen LogP contribution >= 0.6 is 11.8 Å². The zero-order valence-corrected chi connectivity index (χ0v) is 11.2. The van der Waals surface area contributed by atoms with Crippen LogP contribution in [-0.2, 0) is 9.59 Å². The highest BCUT2D eigenvalue weighted by atomic mass is 32.2. The predicted octanol–water partition coefficient (Wildman–Crippen LogP) is 2.16. The number of rotatable bonds is 4. The number of carbonyl (C=O) groups excluding carboxylic acids is 1. The Morgan fingerprint density at radius 3 is 3.00 bits per heavy atom. The van der Waals surface area contributed by atoms with E-state index in [2.05, 4.69) is 11.4 Å². The number of hydrogen-bond donors (Lipinski definition) is 2. The Labute approximate surface area is 111 Å². The maximum Gasteiger partial charge on any atom is 0.304 e. The van der Waals surface area contributed by atoms with E-state index in [0.717, 1.165) is 31.0 Å². The Hall–Kier alpha value is -0.970. The average Bonchev–Trinajstić information content (AvgIpc) is 2.37. The van der Waals surface area contributed by atoms with Gasteiger partial charge in [-0.2, -0.15) is 0 Å². The van der Waals surface area contributed by atoms with E-state index in [4.69, 9.17) is 5.11 Å². The third kappa shape index (κ3) is 3.51. The van der Waals surface area contributed by atoms with Gasteiger partial charge < -0.3 is 10.4 Å². The van der Waals surface area contributed by atoms with Crippen LogP contribution in [0, 0.1) is 5.92 Å². The first-order valence-corrected chi connectivity index (χ1v) is 7.50. The number of aliphatic carboxylic acids is 1. The smallest absolute Gasteiger partial charge is 0.304 e. The van der Waals surface area contributed by atoms with Crippen LogP contribution in [0.2, 0.25) is 0 Å². The molecule has 0 aromatic heterocycles. The van der Waals surface area contributed by atoms with Crippen molar-refractivity contribution in [2.24, 2.45) is 5.92 Å². The van der Waals surface area contributed by atoms with Crippen LogP contribution in [0.1, 0.15) is 38.5 Å². The van der Waals surface area contributed by atoms with Crippen LogP contribution in [0.15, 0.2) is 11.8 Å². The van der Waals surface area contributed by atoms with E-state index in [-0.39, 0.29) is 17.6 Å². The molecule has 0 amide bonds. The zero-order chi connectivity index (χ0) is 13.0. The number of allylic oxidation sites excluding steroid dienone is 2. The normalized spacial score (nSPS) is 26.8. The third-order valence-electron chi connectivity index (χ3n) is 3.55. The van der Waals surface area contributed by atoms with Crippen molar-refractivity contribution < 1.29 is 14.7 Å². The fourth-order valence-corrected chi connectivity index (χ4v) is 3.43. The molecule has 1 saturated heterocycles. The highest BCUT2D eigenvalue weighted by Crippen LogP contribution is 2.32. The zero-order valence-electron chi connectivity index (χ0n) is 10.4. The maximum absolute atomic E-state index is 11.9. The minimum atomic E-state index is -0.845. The molecule has 2 atom stereocenters. The molecule has 0 aromatic carbocycles. The van der Waals surface area contributed by atoms with Crippen LogP contribution in [0.4, 0.5) is 0 Å². The summed E-state index contributed by atoms with van der Waals surface area (Å²) in [5, 5.41) is 12.0. The maximum atomic E-state index is 11.9. The quantitative estimate of drug-likeness (QED) is 0.818. The molecule has 4 nitrogen and oxygen atoms in total. The Morgan fingerprint density at radius 1 is 1.39 bits per heavy atom. The SMILES string of the molecule is O=C(O)CCSC(=O)C1CCC2CCCC=C2N1. The molecule has 100 valence electrons. The molecule has 0 saturated carbocycles. The highest BCUT2D eigenvalue weighted by molar-refractivity contribution is 8.13. The Kier molecular flexibility index (Phi) is 4.69. The molecular weight excluding hydrogens is 250 g/mol.